The van der Waals surface area contributed by atoms with Gasteiger partial charge in [-0.2, -0.15) is 20.4 Å². The first kappa shape index (κ1) is 87.9. The van der Waals surface area contributed by atoms with E-state index in [2.05, 4.69) is 81.5 Å². The first-order chi connectivity index (χ1) is 64.0. The summed E-state index contributed by atoms with van der Waals surface area (Å²) in [5.74, 6) is 5.58. The van der Waals surface area contributed by atoms with E-state index in [9.17, 15) is 19.2 Å². The molecule has 1 saturated carbocycles. The zero-order valence-electron chi connectivity index (χ0n) is 75.4. The van der Waals surface area contributed by atoms with Crippen molar-refractivity contribution in [2.24, 2.45) is 0 Å². The highest BCUT2D eigenvalue weighted by molar-refractivity contribution is 5.99. The molecule has 5 aliphatic rings. The van der Waals surface area contributed by atoms with Crippen molar-refractivity contribution in [1.82, 2.24) is 99.2 Å². The van der Waals surface area contributed by atoms with E-state index in [-0.39, 0.29) is 62.0 Å². The molecule has 16 heterocycles. The molecule has 4 aliphatic heterocycles. The third-order valence-electron chi connectivity index (χ3n) is 24.3. The smallest absolute Gasteiger partial charge is 0.267 e. The maximum atomic E-state index is 12.3. The van der Waals surface area contributed by atoms with E-state index < -0.39 is 11.2 Å². The number of pyridine rings is 8. The number of fused-ring (bicyclic) bond motifs is 9. The monoisotopic (exact) mass is 1800 g/mol. The lowest BCUT2D eigenvalue weighted by molar-refractivity contribution is -0.221. The Balaban J connectivity index is 0.000000119. The third kappa shape index (κ3) is 17.4. The van der Waals surface area contributed by atoms with Gasteiger partial charge in [0.15, 0.2) is 23.3 Å². The minimum Gasteiger partial charge on any atom is -0.398 e. The van der Waals surface area contributed by atoms with Gasteiger partial charge in [-0.05, 0) is 185 Å². The fourth-order valence-electron chi connectivity index (χ4n) is 16.6. The molecule has 1 fully saturated rings. The molecule has 2 atom stereocenters. The fraction of sp³-hybridized carbons (Fsp3) is 0.234. The second-order valence-corrected chi connectivity index (χ2v) is 33.9. The summed E-state index contributed by atoms with van der Waals surface area (Å²) in [5.41, 5.74) is 64.7. The first-order valence-electron chi connectivity index (χ1n) is 42.9. The van der Waals surface area contributed by atoms with Crippen LogP contribution in [-0.4, -0.2) is 151 Å². The maximum absolute atomic E-state index is 12.3. The van der Waals surface area contributed by atoms with Gasteiger partial charge < -0.3 is 67.1 Å². The van der Waals surface area contributed by atoms with Gasteiger partial charge >= 0.3 is 0 Å². The number of carbonyl (C=O) groups is 4. The van der Waals surface area contributed by atoms with Gasteiger partial charge in [-0.25, -0.2) is 60.1 Å². The Morgan fingerprint density at radius 2 is 0.619 bits per heavy atom. The van der Waals surface area contributed by atoms with E-state index in [1.165, 1.54) is 20.3 Å². The molecule has 16 aromatic rings. The minimum atomic E-state index is -0.727. The Hall–Kier alpha value is -16.7. The van der Waals surface area contributed by atoms with E-state index >= 15 is 0 Å². The standard InChI is InChI=1S/C24H24N8O2.C24H26N8O2.2C23H24N8O2/c1-13-15(4-3-5-17(13)25)18-8-14-9-20(27-11-16(14)23(26)28-18)29-21-10-19-24(6-7-24)34-31(2)22(33)12-32(19)30-21;1-13-15(6-5-7-17(13)25)18-8-14-9-20(27-11-16(14)23(26)28-18)29-21-10-19-24(2,3)34-31(4)22(33)12-32(19)30-21;2*1-12-15(5-4-6-17(12)24)18-7-14-8-20(26-10-16(14)23(25)27-18)28-21-9-19-13(2)33-30(3)22(32)11-31(19)29-21/h3-5,8-11H,6-7,12,25H2,1-2H3,(H2,26,28)(H,27,29,30);5-11H,12,25H2,1-4H3,(H2,26,28)(H,27,29,30);2*4-10,13H,11,24H2,1-3H3,(H2,25,27)(H,26,28,29)/t;;2*13-/m..10/s1. The van der Waals surface area contributed by atoms with Gasteiger partial charge in [0, 0.05) is 144 Å². The maximum Gasteiger partial charge on any atom is 0.267 e. The summed E-state index contributed by atoms with van der Waals surface area (Å²) >= 11 is 0. The van der Waals surface area contributed by atoms with Crippen LogP contribution in [0.2, 0.25) is 0 Å². The minimum absolute atomic E-state index is 0.0905. The predicted molar refractivity (Wildman–Crippen MR) is 512 cm³/mol. The lowest BCUT2D eigenvalue weighted by atomic mass is 10.0. The molecule has 0 unspecified atom stereocenters. The Morgan fingerprint density at radius 3 is 0.940 bits per heavy atom. The van der Waals surface area contributed by atoms with E-state index in [1.807, 2.05) is 201 Å². The van der Waals surface area contributed by atoms with Crippen LogP contribution in [0.5, 0.6) is 0 Å². The van der Waals surface area contributed by atoms with Crippen molar-refractivity contribution in [3.63, 3.8) is 0 Å². The molecule has 4 amide bonds. The summed E-state index contributed by atoms with van der Waals surface area (Å²) in [6.07, 6.45) is 7.81. The molecule has 682 valence electrons. The zero-order valence-corrected chi connectivity index (χ0v) is 75.4. The number of carbonyl (C=O) groups excluding carboxylic acids is 4. The second kappa shape index (κ2) is 34.6. The van der Waals surface area contributed by atoms with Crippen LogP contribution in [-0.2, 0) is 75.9 Å². The number of hydrogen-bond donors (Lipinski definition) is 12. The summed E-state index contributed by atoms with van der Waals surface area (Å²) in [6, 6.07) is 45.9. The van der Waals surface area contributed by atoms with Gasteiger partial charge in [-0.1, -0.05) is 48.5 Å². The van der Waals surface area contributed by atoms with Crippen LogP contribution in [0.3, 0.4) is 0 Å². The molecule has 20 N–H and O–H groups in total. The van der Waals surface area contributed by atoms with Crippen LogP contribution < -0.4 is 67.1 Å². The van der Waals surface area contributed by atoms with Crippen LogP contribution in [0.15, 0.2) is 170 Å². The van der Waals surface area contributed by atoms with Crippen molar-refractivity contribution in [2.75, 3.05) is 95.3 Å². The Bertz CT molecular complexity index is 7020. The fourth-order valence-corrected chi connectivity index (χ4v) is 16.6. The Labute approximate surface area is 766 Å². The molecule has 1 spiro atoms. The number of aromatic nitrogens is 16. The number of nitrogens with one attached hydrogen (secondary N) is 4. The van der Waals surface area contributed by atoms with Crippen LogP contribution in [0.4, 0.5) is 92.6 Å². The Kier molecular flexibility index (Phi) is 22.7. The highest BCUT2D eigenvalue weighted by Crippen LogP contribution is 2.52. The molecule has 134 heavy (non-hydrogen) atoms. The zero-order chi connectivity index (χ0) is 94.4. The first-order valence-corrected chi connectivity index (χ1v) is 42.9. The van der Waals surface area contributed by atoms with Crippen molar-refractivity contribution in [1.29, 1.82) is 0 Å². The van der Waals surface area contributed by atoms with Gasteiger partial charge in [0.2, 0.25) is 0 Å². The van der Waals surface area contributed by atoms with Crippen molar-refractivity contribution < 1.29 is 38.5 Å². The number of nitrogen functional groups attached to an aromatic ring is 8. The molecule has 1 aliphatic carbocycles. The molecule has 0 saturated heterocycles. The van der Waals surface area contributed by atoms with Gasteiger partial charge in [-0.15, -0.1) is 0 Å². The number of hydroxylamine groups is 8. The number of likely N-dealkylation sites (N-methyl/N-ethyl adjacent to an activating group) is 4. The van der Waals surface area contributed by atoms with Crippen molar-refractivity contribution >= 4 is 159 Å². The van der Waals surface area contributed by atoms with E-state index in [0.717, 1.165) is 146 Å². The number of nitrogens with zero attached hydrogens (tertiary/aromatic N) is 20. The quantitative estimate of drug-likeness (QED) is 0.0505. The summed E-state index contributed by atoms with van der Waals surface area (Å²) in [7, 11) is 6.45. The van der Waals surface area contributed by atoms with Gasteiger partial charge in [0.1, 0.15) is 96.1 Å². The van der Waals surface area contributed by atoms with E-state index in [4.69, 9.17) is 65.2 Å². The number of benzene rings is 4. The van der Waals surface area contributed by atoms with Gasteiger partial charge in [0.25, 0.3) is 23.6 Å². The average Bonchev–Trinajstić information content (AvgIpc) is 1.58. The van der Waals surface area contributed by atoms with Gasteiger partial charge in [0.05, 0.1) is 45.6 Å². The lowest BCUT2D eigenvalue weighted by Crippen LogP contribution is -2.33. The molecule has 4 aromatic carbocycles. The van der Waals surface area contributed by atoms with Crippen molar-refractivity contribution in [3.8, 4) is 45.0 Å². The largest absolute Gasteiger partial charge is 0.398 e. The van der Waals surface area contributed by atoms with Crippen LogP contribution in [0.25, 0.3) is 88.1 Å². The Morgan fingerprint density at radius 1 is 0.343 bits per heavy atom. The molecule has 40 nitrogen and oxygen atoms in total. The lowest BCUT2D eigenvalue weighted by Gasteiger charge is -2.26. The number of anilines is 16. The highest BCUT2D eigenvalue weighted by atomic mass is 16.7. The third-order valence-corrected chi connectivity index (χ3v) is 24.3. The van der Waals surface area contributed by atoms with E-state index in [0.29, 0.717) is 92.6 Å². The number of rotatable bonds is 12. The number of amides is 4. The van der Waals surface area contributed by atoms with Crippen LogP contribution >= 0.6 is 0 Å². The topological polar surface area (TPSA) is 549 Å². The number of nitrogens with two attached hydrogens (primary N) is 8. The molecule has 21 rings (SSSR count). The summed E-state index contributed by atoms with van der Waals surface area (Å²) in [6.45, 7) is 15.8. The summed E-state index contributed by atoms with van der Waals surface area (Å²) in [5, 5.41) is 42.7. The van der Waals surface area contributed by atoms with Crippen LogP contribution in [0.1, 0.15) is 97.8 Å². The summed E-state index contributed by atoms with van der Waals surface area (Å²) in [4.78, 5) is 108. The van der Waals surface area contributed by atoms with Gasteiger partial charge in [-0.3, -0.25) is 57.3 Å². The van der Waals surface area contributed by atoms with Crippen molar-refractivity contribution in [2.45, 2.75) is 118 Å². The summed E-state index contributed by atoms with van der Waals surface area (Å²) < 4.78 is 6.65. The predicted octanol–water partition coefficient (Wildman–Crippen LogP) is 12.8. The normalized spacial score (nSPS) is 16.0. The molecule has 0 radical (unpaired) electrons. The average molecular weight is 1800 g/mol. The van der Waals surface area contributed by atoms with Crippen LogP contribution in [0, 0.1) is 27.7 Å². The molecule has 12 aromatic heterocycles. The second-order valence-electron chi connectivity index (χ2n) is 33.9. The van der Waals surface area contributed by atoms with E-state index in [1.54, 1.807) is 71.7 Å². The molecular formula is C94H98N32O8. The van der Waals surface area contributed by atoms with Crippen molar-refractivity contribution in [3.05, 3.63) is 215 Å². The molecular weight excluding hydrogens is 1710 g/mol. The molecule has 0 bridgehead atoms. The highest BCUT2D eigenvalue weighted by Gasteiger charge is 2.53. The molecule has 40 heteroatoms. The number of hydrogen-bond acceptors (Lipinski definition) is 32. The SMILES string of the molecule is Cc1c(N)cccc1-c1cc2cc(Nc3cc4n(n3)CC(=O)N(C)OC4(C)C)ncc2c(N)n1.Cc1c(N)cccc1-c1cc2cc(Nc3cc4n(n3)CC(=O)N(C)OC43CC3)ncc2c(N)n1.Cc1c(N)cccc1-c1cc2cc(Nc3cc4n(n3)CC(=O)N(C)O[C@@H]4C)ncc2c(N)n1.Cc1c(N)cccc1-c1cc2cc(Nc3cc4n(n3)CC(=O)N(C)O[C@H]4C)ncc2c(N)n1.